The number of aliphatic hydroxyl groups is 1. The Bertz CT molecular complexity index is 380. The molecule has 1 aromatic rings. The lowest BCUT2D eigenvalue weighted by Gasteiger charge is -2.26. The van der Waals surface area contributed by atoms with Crippen LogP contribution in [0.25, 0.3) is 0 Å². The molecule has 0 radical (unpaired) electrons. The number of hydrogen-bond acceptors (Lipinski definition) is 4. The standard InChI is InChI=1S/C13H18ClNO3/c14-12-1-2-13(11(9-12)10-16)18-8-5-15-3-6-17-7-4-15/h1-2,9,16H,3-8,10H2. The zero-order chi connectivity index (χ0) is 12.8. The maximum Gasteiger partial charge on any atom is 0.124 e. The normalized spacial score (nSPS) is 16.8. The minimum absolute atomic E-state index is 0.0621. The molecule has 0 aliphatic carbocycles. The van der Waals surface area contributed by atoms with Gasteiger partial charge in [0.2, 0.25) is 0 Å². The van der Waals surface area contributed by atoms with Crippen molar-refractivity contribution in [2.75, 3.05) is 39.5 Å². The molecule has 2 rings (SSSR count). The molecule has 4 nitrogen and oxygen atoms in total. The van der Waals surface area contributed by atoms with Crippen molar-refractivity contribution in [3.8, 4) is 5.75 Å². The van der Waals surface area contributed by atoms with E-state index in [4.69, 9.17) is 21.1 Å². The molecule has 1 fully saturated rings. The third-order valence-electron chi connectivity index (χ3n) is 2.96. The van der Waals surface area contributed by atoms with Crippen molar-refractivity contribution in [3.63, 3.8) is 0 Å². The summed E-state index contributed by atoms with van der Waals surface area (Å²) in [6.07, 6.45) is 0. The number of hydrogen-bond donors (Lipinski definition) is 1. The van der Waals surface area contributed by atoms with Crippen LogP contribution in [0.1, 0.15) is 5.56 Å². The predicted molar refractivity (Wildman–Crippen MR) is 70.1 cm³/mol. The van der Waals surface area contributed by atoms with Gasteiger partial charge in [-0.2, -0.15) is 0 Å². The van der Waals surface area contributed by atoms with Gasteiger partial charge in [0, 0.05) is 30.2 Å². The Balaban J connectivity index is 1.82. The van der Waals surface area contributed by atoms with Gasteiger partial charge in [0.05, 0.1) is 19.8 Å². The molecule has 18 heavy (non-hydrogen) atoms. The summed E-state index contributed by atoms with van der Waals surface area (Å²) in [4.78, 5) is 2.30. The second-order valence-corrected chi connectivity index (χ2v) is 4.65. The number of benzene rings is 1. The number of rotatable bonds is 5. The van der Waals surface area contributed by atoms with Crippen LogP contribution in [0.4, 0.5) is 0 Å². The van der Waals surface area contributed by atoms with E-state index in [2.05, 4.69) is 4.90 Å². The third-order valence-corrected chi connectivity index (χ3v) is 3.20. The molecule has 0 unspecified atom stereocenters. The van der Waals surface area contributed by atoms with Crippen LogP contribution in [-0.4, -0.2) is 49.5 Å². The maximum absolute atomic E-state index is 9.23. The molecule has 1 saturated heterocycles. The van der Waals surface area contributed by atoms with E-state index in [1.54, 1.807) is 18.2 Å². The minimum atomic E-state index is -0.0621. The average molecular weight is 272 g/mol. The third kappa shape index (κ3) is 3.85. The minimum Gasteiger partial charge on any atom is -0.492 e. The van der Waals surface area contributed by atoms with Crippen molar-refractivity contribution >= 4 is 11.6 Å². The maximum atomic E-state index is 9.23. The molecule has 0 spiro atoms. The van der Waals surface area contributed by atoms with Crippen molar-refractivity contribution in [2.24, 2.45) is 0 Å². The molecule has 1 heterocycles. The van der Waals surface area contributed by atoms with E-state index in [9.17, 15) is 5.11 Å². The van der Waals surface area contributed by atoms with Crippen LogP contribution in [0.5, 0.6) is 5.75 Å². The van der Waals surface area contributed by atoms with Crippen LogP contribution in [-0.2, 0) is 11.3 Å². The lowest BCUT2D eigenvalue weighted by atomic mass is 10.2. The Kier molecular flexibility index (Phi) is 5.26. The highest BCUT2D eigenvalue weighted by Gasteiger charge is 2.10. The summed E-state index contributed by atoms with van der Waals surface area (Å²) >= 11 is 5.86. The van der Waals surface area contributed by atoms with Crippen LogP contribution in [0.15, 0.2) is 18.2 Å². The van der Waals surface area contributed by atoms with Crippen molar-refractivity contribution in [3.05, 3.63) is 28.8 Å². The summed E-state index contributed by atoms with van der Waals surface area (Å²) in [5, 5.41) is 9.84. The first-order valence-corrected chi connectivity index (χ1v) is 6.49. The van der Waals surface area contributed by atoms with Gasteiger partial charge in [0.1, 0.15) is 12.4 Å². The van der Waals surface area contributed by atoms with Gasteiger partial charge in [-0.15, -0.1) is 0 Å². The molecular weight excluding hydrogens is 254 g/mol. The predicted octanol–water partition coefficient (Wildman–Crippen LogP) is 1.54. The summed E-state index contributed by atoms with van der Waals surface area (Å²) in [5.74, 6) is 0.704. The Morgan fingerprint density at radius 1 is 1.33 bits per heavy atom. The number of nitrogens with zero attached hydrogens (tertiary/aromatic N) is 1. The lowest BCUT2D eigenvalue weighted by molar-refractivity contribution is 0.0321. The Hall–Kier alpha value is -0.810. The summed E-state index contributed by atoms with van der Waals surface area (Å²) in [6, 6.07) is 5.30. The lowest BCUT2D eigenvalue weighted by Crippen LogP contribution is -2.38. The highest BCUT2D eigenvalue weighted by molar-refractivity contribution is 6.30. The molecule has 0 aromatic heterocycles. The molecule has 1 aromatic carbocycles. The van der Waals surface area contributed by atoms with E-state index in [1.807, 2.05) is 0 Å². The fourth-order valence-electron chi connectivity index (χ4n) is 1.92. The zero-order valence-electron chi connectivity index (χ0n) is 10.3. The summed E-state index contributed by atoms with van der Waals surface area (Å²) < 4.78 is 11.0. The smallest absolute Gasteiger partial charge is 0.124 e. The van der Waals surface area contributed by atoms with Crippen molar-refractivity contribution in [1.29, 1.82) is 0 Å². The van der Waals surface area contributed by atoms with Gasteiger partial charge in [-0.1, -0.05) is 11.6 Å². The van der Waals surface area contributed by atoms with Crippen LogP contribution in [0.3, 0.4) is 0 Å². The number of halogens is 1. The molecule has 0 bridgehead atoms. The molecule has 0 saturated carbocycles. The van der Waals surface area contributed by atoms with E-state index < -0.39 is 0 Å². The van der Waals surface area contributed by atoms with Gasteiger partial charge in [-0.3, -0.25) is 4.90 Å². The van der Waals surface area contributed by atoms with Crippen LogP contribution >= 0.6 is 11.6 Å². The highest BCUT2D eigenvalue weighted by Crippen LogP contribution is 2.22. The largest absolute Gasteiger partial charge is 0.492 e. The zero-order valence-corrected chi connectivity index (χ0v) is 11.0. The second kappa shape index (κ2) is 6.95. The highest BCUT2D eigenvalue weighted by atomic mass is 35.5. The number of morpholine rings is 1. The second-order valence-electron chi connectivity index (χ2n) is 4.21. The fourth-order valence-corrected chi connectivity index (χ4v) is 2.12. The molecule has 100 valence electrons. The van der Waals surface area contributed by atoms with Gasteiger partial charge >= 0.3 is 0 Å². The van der Waals surface area contributed by atoms with Crippen molar-refractivity contribution < 1.29 is 14.6 Å². The SMILES string of the molecule is OCc1cc(Cl)ccc1OCCN1CCOCC1. The molecule has 1 N–H and O–H groups in total. The summed E-state index contributed by atoms with van der Waals surface area (Å²) in [7, 11) is 0. The van der Waals surface area contributed by atoms with Crippen LogP contribution in [0.2, 0.25) is 5.02 Å². The number of ether oxygens (including phenoxy) is 2. The topological polar surface area (TPSA) is 41.9 Å². The number of aliphatic hydroxyl groups excluding tert-OH is 1. The van der Waals surface area contributed by atoms with Gasteiger partial charge in [-0.05, 0) is 18.2 Å². The molecule has 1 aliphatic rings. The molecule has 1 aliphatic heterocycles. The molecule has 0 atom stereocenters. The van der Waals surface area contributed by atoms with E-state index in [0.29, 0.717) is 17.4 Å². The van der Waals surface area contributed by atoms with Crippen molar-refractivity contribution in [2.45, 2.75) is 6.61 Å². The van der Waals surface area contributed by atoms with Gasteiger partial charge < -0.3 is 14.6 Å². The quantitative estimate of drug-likeness (QED) is 0.882. The van der Waals surface area contributed by atoms with E-state index in [1.165, 1.54) is 0 Å². The van der Waals surface area contributed by atoms with Gasteiger partial charge in [0.25, 0.3) is 0 Å². The Morgan fingerprint density at radius 2 is 2.11 bits per heavy atom. The average Bonchev–Trinajstić information content (AvgIpc) is 2.41. The summed E-state index contributed by atoms with van der Waals surface area (Å²) in [5.41, 5.74) is 0.726. The molecular formula is C13H18ClNO3. The van der Waals surface area contributed by atoms with E-state index in [-0.39, 0.29) is 6.61 Å². The van der Waals surface area contributed by atoms with E-state index in [0.717, 1.165) is 38.4 Å². The first-order chi connectivity index (χ1) is 8.79. The first-order valence-electron chi connectivity index (χ1n) is 6.12. The fraction of sp³-hybridized carbons (Fsp3) is 0.538. The monoisotopic (exact) mass is 271 g/mol. The Labute approximate surface area is 112 Å². The molecule has 0 amide bonds. The Morgan fingerprint density at radius 3 is 2.83 bits per heavy atom. The van der Waals surface area contributed by atoms with Gasteiger partial charge in [0.15, 0.2) is 0 Å². The van der Waals surface area contributed by atoms with Crippen LogP contribution < -0.4 is 4.74 Å². The van der Waals surface area contributed by atoms with E-state index >= 15 is 0 Å². The van der Waals surface area contributed by atoms with Gasteiger partial charge in [-0.25, -0.2) is 0 Å². The van der Waals surface area contributed by atoms with Crippen molar-refractivity contribution in [1.82, 2.24) is 4.90 Å². The van der Waals surface area contributed by atoms with Crippen LogP contribution in [0, 0.1) is 0 Å². The summed E-state index contributed by atoms with van der Waals surface area (Å²) in [6.45, 7) is 4.91. The first kappa shape index (κ1) is 13.6. The molecule has 5 heteroatoms.